The lowest BCUT2D eigenvalue weighted by atomic mass is 9.79. The van der Waals surface area contributed by atoms with Gasteiger partial charge in [-0.2, -0.15) is 0 Å². The SMILES string of the molecule is CCC1(C(=O)Oc2ccccc2)OC1(c1ccc(C)cc1)c1ccc(C)cc1. The standard InChI is InChI=1S/C25H24O3/c1-4-24(23(26)27-22-8-6-5-7-9-22)25(28-24,20-14-10-18(2)11-15-20)21-16-12-19(3)13-17-21/h5-17H,4H2,1-3H3. The molecule has 1 saturated heterocycles. The van der Waals surface area contributed by atoms with Crippen LogP contribution in [-0.2, 0) is 15.1 Å². The Kier molecular flexibility index (Phi) is 4.56. The molecule has 0 aliphatic carbocycles. The second-order valence-electron chi connectivity index (χ2n) is 7.40. The van der Waals surface area contributed by atoms with Gasteiger partial charge in [-0.3, -0.25) is 0 Å². The molecule has 3 heteroatoms. The van der Waals surface area contributed by atoms with Gasteiger partial charge in [0.1, 0.15) is 5.75 Å². The molecule has 0 N–H and O–H groups in total. The second-order valence-corrected chi connectivity index (χ2v) is 7.40. The molecule has 0 amide bonds. The van der Waals surface area contributed by atoms with Gasteiger partial charge in [-0.1, -0.05) is 84.8 Å². The molecule has 3 aromatic carbocycles. The van der Waals surface area contributed by atoms with E-state index in [9.17, 15) is 4.79 Å². The molecule has 1 atom stereocenters. The minimum Gasteiger partial charge on any atom is -0.424 e. The zero-order chi connectivity index (χ0) is 19.8. The molecule has 0 saturated carbocycles. The third-order valence-electron chi connectivity index (χ3n) is 5.55. The van der Waals surface area contributed by atoms with Crippen LogP contribution in [0, 0.1) is 13.8 Å². The molecule has 1 heterocycles. The number of benzene rings is 3. The van der Waals surface area contributed by atoms with E-state index in [0.717, 1.165) is 22.3 Å². The van der Waals surface area contributed by atoms with Crippen molar-refractivity contribution in [1.82, 2.24) is 0 Å². The lowest BCUT2D eigenvalue weighted by Gasteiger charge is -2.20. The number of carbonyl (C=O) groups excluding carboxylic acids is 1. The number of hydrogen-bond acceptors (Lipinski definition) is 3. The molecule has 0 radical (unpaired) electrons. The van der Waals surface area contributed by atoms with Crippen molar-refractivity contribution in [2.45, 2.75) is 38.4 Å². The van der Waals surface area contributed by atoms with Gasteiger partial charge in [0, 0.05) is 0 Å². The fourth-order valence-electron chi connectivity index (χ4n) is 3.89. The van der Waals surface area contributed by atoms with Gasteiger partial charge >= 0.3 is 5.97 Å². The van der Waals surface area contributed by atoms with Crippen LogP contribution >= 0.6 is 0 Å². The average Bonchev–Trinajstić information content (AvgIpc) is 3.41. The van der Waals surface area contributed by atoms with Gasteiger partial charge in [0.15, 0.2) is 5.60 Å². The van der Waals surface area contributed by atoms with Gasteiger partial charge in [0.25, 0.3) is 0 Å². The first kappa shape index (κ1) is 18.5. The van der Waals surface area contributed by atoms with E-state index in [4.69, 9.17) is 9.47 Å². The van der Waals surface area contributed by atoms with Gasteiger partial charge in [0.2, 0.25) is 5.60 Å². The molecular weight excluding hydrogens is 348 g/mol. The summed E-state index contributed by atoms with van der Waals surface area (Å²) in [6, 6.07) is 25.5. The first-order valence-corrected chi connectivity index (χ1v) is 9.63. The van der Waals surface area contributed by atoms with Crippen molar-refractivity contribution in [2.24, 2.45) is 0 Å². The highest BCUT2D eigenvalue weighted by molar-refractivity contribution is 5.88. The van der Waals surface area contributed by atoms with Crippen LogP contribution in [0.25, 0.3) is 0 Å². The molecule has 1 unspecified atom stereocenters. The molecule has 3 nitrogen and oxygen atoms in total. The predicted octanol–water partition coefficient (Wildman–Crippen LogP) is 5.33. The summed E-state index contributed by atoms with van der Waals surface area (Å²) in [6.07, 6.45) is 0.514. The number of rotatable bonds is 5. The minimum absolute atomic E-state index is 0.359. The van der Waals surface area contributed by atoms with Gasteiger partial charge in [0.05, 0.1) is 0 Å². The topological polar surface area (TPSA) is 38.8 Å². The van der Waals surface area contributed by atoms with Crippen LogP contribution < -0.4 is 4.74 Å². The molecule has 0 aromatic heterocycles. The van der Waals surface area contributed by atoms with Crippen molar-refractivity contribution < 1.29 is 14.3 Å². The fraction of sp³-hybridized carbons (Fsp3) is 0.240. The number of carbonyl (C=O) groups is 1. The van der Waals surface area contributed by atoms with E-state index in [1.165, 1.54) is 0 Å². The van der Waals surface area contributed by atoms with Crippen LogP contribution in [0.3, 0.4) is 0 Å². The Balaban J connectivity index is 1.79. The fourth-order valence-corrected chi connectivity index (χ4v) is 3.89. The summed E-state index contributed by atoms with van der Waals surface area (Å²) in [6.45, 7) is 6.07. The normalized spacial score (nSPS) is 19.8. The van der Waals surface area contributed by atoms with E-state index in [0.29, 0.717) is 12.2 Å². The highest BCUT2D eigenvalue weighted by Crippen LogP contribution is 2.62. The molecule has 1 aliphatic heterocycles. The number of para-hydroxylation sites is 1. The van der Waals surface area contributed by atoms with Crippen molar-refractivity contribution in [2.75, 3.05) is 0 Å². The number of aryl methyl sites for hydroxylation is 2. The van der Waals surface area contributed by atoms with Gasteiger partial charge in [-0.05, 0) is 43.5 Å². The quantitative estimate of drug-likeness (QED) is 0.345. The molecule has 0 spiro atoms. The van der Waals surface area contributed by atoms with Crippen molar-refractivity contribution in [3.63, 3.8) is 0 Å². The molecule has 142 valence electrons. The second kappa shape index (κ2) is 6.92. The minimum atomic E-state index is -1.05. The molecule has 0 bridgehead atoms. The number of esters is 1. The van der Waals surface area contributed by atoms with Crippen LogP contribution in [-0.4, -0.2) is 11.6 Å². The summed E-state index contributed by atoms with van der Waals surface area (Å²) in [5, 5.41) is 0. The molecule has 28 heavy (non-hydrogen) atoms. The molecule has 1 fully saturated rings. The van der Waals surface area contributed by atoms with Crippen LogP contribution in [0.15, 0.2) is 78.9 Å². The lowest BCUT2D eigenvalue weighted by molar-refractivity contribution is -0.140. The third-order valence-corrected chi connectivity index (χ3v) is 5.55. The van der Waals surface area contributed by atoms with E-state index in [-0.39, 0.29) is 5.97 Å². The smallest absolute Gasteiger partial charge is 0.347 e. The van der Waals surface area contributed by atoms with Crippen molar-refractivity contribution in [1.29, 1.82) is 0 Å². The molecular formula is C25H24O3. The molecule has 3 aromatic rings. The van der Waals surface area contributed by atoms with Crippen molar-refractivity contribution in [3.8, 4) is 5.75 Å². The van der Waals surface area contributed by atoms with Crippen LogP contribution in [0.1, 0.15) is 35.6 Å². The third kappa shape index (κ3) is 2.83. The Bertz CT molecular complexity index is 929. The van der Waals surface area contributed by atoms with E-state index >= 15 is 0 Å². The summed E-state index contributed by atoms with van der Waals surface area (Å²) in [5.41, 5.74) is 2.38. The first-order valence-electron chi connectivity index (χ1n) is 9.63. The summed E-state index contributed by atoms with van der Waals surface area (Å²) in [7, 11) is 0. The Morgan fingerprint density at radius 3 is 1.79 bits per heavy atom. The summed E-state index contributed by atoms with van der Waals surface area (Å²) >= 11 is 0. The Morgan fingerprint density at radius 1 is 0.821 bits per heavy atom. The number of epoxide rings is 1. The van der Waals surface area contributed by atoms with Gasteiger partial charge in [-0.25, -0.2) is 4.79 Å². The highest BCUT2D eigenvalue weighted by Gasteiger charge is 2.76. The van der Waals surface area contributed by atoms with E-state index in [1.807, 2.05) is 63.2 Å². The maximum atomic E-state index is 13.3. The van der Waals surface area contributed by atoms with E-state index in [2.05, 4.69) is 24.3 Å². The molecule has 1 aliphatic rings. The van der Waals surface area contributed by atoms with Crippen LogP contribution in [0.2, 0.25) is 0 Å². The van der Waals surface area contributed by atoms with Crippen LogP contribution in [0.4, 0.5) is 0 Å². The van der Waals surface area contributed by atoms with Gasteiger partial charge < -0.3 is 9.47 Å². The average molecular weight is 372 g/mol. The zero-order valence-corrected chi connectivity index (χ0v) is 16.4. The largest absolute Gasteiger partial charge is 0.424 e. The first-order chi connectivity index (χ1) is 13.5. The summed E-state index contributed by atoms with van der Waals surface area (Å²) < 4.78 is 12.1. The van der Waals surface area contributed by atoms with Gasteiger partial charge in [-0.15, -0.1) is 0 Å². The predicted molar refractivity (Wildman–Crippen MR) is 109 cm³/mol. The highest BCUT2D eigenvalue weighted by atomic mass is 16.7. The zero-order valence-electron chi connectivity index (χ0n) is 16.4. The Labute approximate surface area is 165 Å². The molecule has 4 rings (SSSR count). The monoisotopic (exact) mass is 372 g/mol. The summed E-state index contributed by atoms with van der Waals surface area (Å²) in [4.78, 5) is 13.3. The summed E-state index contributed by atoms with van der Waals surface area (Å²) in [5.74, 6) is 0.167. The van der Waals surface area contributed by atoms with Crippen LogP contribution in [0.5, 0.6) is 5.75 Å². The lowest BCUT2D eigenvalue weighted by Crippen LogP contribution is -2.36. The van der Waals surface area contributed by atoms with Crippen molar-refractivity contribution >= 4 is 5.97 Å². The van der Waals surface area contributed by atoms with E-state index in [1.54, 1.807) is 12.1 Å². The van der Waals surface area contributed by atoms with Crippen molar-refractivity contribution in [3.05, 3.63) is 101 Å². The van der Waals surface area contributed by atoms with E-state index < -0.39 is 11.2 Å². The Hall–Kier alpha value is -2.91. The maximum absolute atomic E-state index is 13.3. The number of ether oxygens (including phenoxy) is 2. The Morgan fingerprint density at radius 2 is 1.32 bits per heavy atom. The maximum Gasteiger partial charge on any atom is 0.347 e. The number of hydrogen-bond donors (Lipinski definition) is 0.